The number of hydrogen-bond acceptors (Lipinski definition) is 4. The van der Waals surface area contributed by atoms with Crippen LogP contribution in [0.5, 0.6) is 0 Å². The van der Waals surface area contributed by atoms with E-state index < -0.39 is 0 Å². The summed E-state index contributed by atoms with van der Waals surface area (Å²) >= 11 is 0. The normalized spacial score (nSPS) is 10.9. The summed E-state index contributed by atoms with van der Waals surface area (Å²) in [6, 6.07) is 0. The molecule has 0 aromatic carbocycles. The van der Waals surface area contributed by atoms with Gasteiger partial charge in [-0.2, -0.15) is 10.2 Å². The molecule has 2 aromatic rings. The molecule has 0 saturated heterocycles. The van der Waals surface area contributed by atoms with E-state index in [2.05, 4.69) is 15.3 Å². The van der Waals surface area contributed by atoms with E-state index in [1.165, 1.54) is 7.05 Å². The van der Waals surface area contributed by atoms with Gasteiger partial charge in [0.25, 0.3) is 11.1 Å². The molecule has 2 rings (SSSR count). The zero-order valence-electron chi connectivity index (χ0n) is 8.66. The van der Waals surface area contributed by atoms with Crippen molar-refractivity contribution in [2.45, 2.75) is 13.8 Å². The first-order valence-electron chi connectivity index (χ1n) is 4.45. The number of H-pyrrole nitrogens is 1. The zero-order valence-corrected chi connectivity index (χ0v) is 8.66. The summed E-state index contributed by atoms with van der Waals surface area (Å²) in [4.78, 5) is 23.4. The number of aromatic nitrogens is 4. The molecule has 0 bridgehead atoms. The average Bonchev–Trinajstić information content (AvgIpc) is 2.18. The molecule has 2 heterocycles. The summed E-state index contributed by atoms with van der Waals surface area (Å²) in [6.07, 6.45) is 0. The lowest BCUT2D eigenvalue weighted by atomic mass is 10.2. The fourth-order valence-corrected chi connectivity index (χ4v) is 1.58. The van der Waals surface area contributed by atoms with Crippen LogP contribution in [0.15, 0.2) is 9.59 Å². The molecule has 0 fully saturated rings. The molecule has 6 heteroatoms. The van der Waals surface area contributed by atoms with Crippen LogP contribution >= 0.6 is 0 Å². The first-order chi connectivity index (χ1) is 7.02. The fraction of sp³-hybridized carbons (Fsp3) is 0.333. The van der Waals surface area contributed by atoms with Crippen LogP contribution in [0.3, 0.4) is 0 Å². The van der Waals surface area contributed by atoms with E-state index in [1.54, 1.807) is 13.8 Å². The lowest BCUT2D eigenvalue weighted by Crippen LogP contribution is -2.29. The number of rotatable bonds is 0. The molecule has 0 atom stereocenters. The summed E-state index contributed by atoms with van der Waals surface area (Å²) in [5.74, 6) is 0. The SMILES string of the molecule is Cc1nnc(C)c2c(=O)n(C)[nH]c(=O)c12. The molecule has 0 aliphatic carbocycles. The van der Waals surface area contributed by atoms with Crippen molar-refractivity contribution in [1.29, 1.82) is 0 Å². The van der Waals surface area contributed by atoms with Gasteiger partial charge in [0.1, 0.15) is 0 Å². The van der Waals surface area contributed by atoms with Gasteiger partial charge in [0, 0.05) is 7.05 Å². The van der Waals surface area contributed by atoms with Crippen molar-refractivity contribution in [1.82, 2.24) is 20.0 Å². The average molecular weight is 206 g/mol. The summed E-state index contributed by atoms with van der Waals surface area (Å²) < 4.78 is 1.15. The highest BCUT2D eigenvalue weighted by Crippen LogP contribution is 2.09. The monoisotopic (exact) mass is 206 g/mol. The Bertz CT molecular complexity index is 653. The van der Waals surface area contributed by atoms with Crippen LogP contribution in [-0.4, -0.2) is 20.0 Å². The van der Waals surface area contributed by atoms with Crippen LogP contribution in [0, 0.1) is 13.8 Å². The maximum absolute atomic E-state index is 11.8. The Labute approximate surface area is 84.6 Å². The summed E-state index contributed by atoms with van der Waals surface area (Å²) in [7, 11) is 1.50. The van der Waals surface area contributed by atoms with E-state index in [0.29, 0.717) is 22.2 Å². The first-order valence-corrected chi connectivity index (χ1v) is 4.45. The molecule has 0 radical (unpaired) electrons. The highest BCUT2D eigenvalue weighted by atomic mass is 16.2. The Morgan fingerprint density at radius 2 is 1.60 bits per heavy atom. The molecule has 0 aliphatic rings. The molecule has 0 saturated carbocycles. The zero-order chi connectivity index (χ0) is 11.2. The Morgan fingerprint density at radius 1 is 1.07 bits per heavy atom. The highest BCUT2D eigenvalue weighted by molar-refractivity contribution is 5.83. The molecule has 78 valence electrons. The summed E-state index contributed by atoms with van der Waals surface area (Å²) in [5.41, 5.74) is 0.361. The van der Waals surface area contributed by atoms with Gasteiger partial charge in [0.2, 0.25) is 0 Å². The van der Waals surface area contributed by atoms with Crippen LogP contribution in [0.2, 0.25) is 0 Å². The molecular weight excluding hydrogens is 196 g/mol. The minimum absolute atomic E-state index is 0.264. The van der Waals surface area contributed by atoms with Crippen LogP contribution in [0.1, 0.15) is 11.4 Å². The largest absolute Gasteiger partial charge is 0.274 e. The van der Waals surface area contributed by atoms with E-state index in [1.807, 2.05) is 0 Å². The summed E-state index contributed by atoms with van der Waals surface area (Å²) in [6.45, 7) is 3.32. The Morgan fingerprint density at radius 3 is 2.20 bits per heavy atom. The Balaban J connectivity index is 3.24. The molecule has 0 aliphatic heterocycles. The smallest absolute Gasteiger partial charge is 0.267 e. The van der Waals surface area contributed by atoms with Gasteiger partial charge in [-0.05, 0) is 13.8 Å². The third-order valence-corrected chi connectivity index (χ3v) is 2.34. The molecule has 2 aromatic heterocycles. The standard InChI is InChI=1S/C9H10N4O2/c1-4-6-7(5(2)11-10-4)9(15)13(3)12-8(6)14/h1-3H3,(H,12,14). The number of hydrogen-bond donors (Lipinski definition) is 1. The number of nitrogens with one attached hydrogen (secondary N) is 1. The maximum Gasteiger partial charge on any atom is 0.274 e. The molecule has 0 unspecified atom stereocenters. The van der Waals surface area contributed by atoms with Gasteiger partial charge in [-0.15, -0.1) is 0 Å². The Hall–Kier alpha value is -1.98. The van der Waals surface area contributed by atoms with Crippen LogP contribution in [-0.2, 0) is 7.05 Å². The third-order valence-electron chi connectivity index (χ3n) is 2.34. The first kappa shape index (κ1) is 9.57. The van der Waals surface area contributed by atoms with Crippen LogP contribution < -0.4 is 11.1 Å². The quantitative estimate of drug-likeness (QED) is 0.638. The van der Waals surface area contributed by atoms with Crippen molar-refractivity contribution in [2.75, 3.05) is 0 Å². The summed E-state index contributed by atoms with van der Waals surface area (Å²) in [5, 5.41) is 10.8. The number of fused-ring (bicyclic) bond motifs is 1. The van der Waals surface area contributed by atoms with Gasteiger partial charge in [0.05, 0.1) is 22.2 Å². The number of aromatic amines is 1. The molecule has 15 heavy (non-hydrogen) atoms. The van der Waals surface area contributed by atoms with E-state index in [4.69, 9.17) is 0 Å². The van der Waals surface area contributed by atoms with E-state index in [0.717, 1.165) is 4.68 Å². The van der Waals surface area contributed by atoms with Crippen LogP contribution in [0.25, 0.3) is 10.8 Å². The van der Waals surface area contributed by atoms with Gasteiger partial charge in [-0.1, -0.05) is 0 Å². The fourth-order valence-electron chi connectivity index (χ4n) is 1.58. The second-order valence-electron chi connectivity index (χ2n) is 3.43. The van der Waals surface area contributed by atoms with Gasteiger partial charge in [-0.3, -0.25) is 19.4 Å². The predicted molar refractivity (Wildman–Crippen MR) is 54.9 cm³/mol. The third kappa shape index (κ3) is 1.25. The van der Waals surface area contributed by atoms with Crippen molar-refractivity contribution < 1.29 is 0 Å². The van der Waals surface area contributed by atoms with Crippen molar-refractivity contribution in [2.24, 2.45) is 7.05 Å². The topological polar surface area (TPSA) is 80.6 Å². The van der Waals surface area contributed by atoms with Crippen molar-refractivity contribution in [3.63, 3.8) is 0 Å². The highest BCUT2D eigenvalue weighted by Gasteiger charge is 2.12. The van der Waals surface area contributed by atoms with Gasteiger partial charge in [-0.25, -0.2) is 0 Å². The van der Waals surface area contributed by atoms with E-state index >= 15 is 0 Å². The lowest BCUT2D eigenvalue weighted by Gasteiger charge is -2.04. The number of aryl methyl sites for hydroxylation is 3. The molecular formula is C9H10N4O2. The minimum Gasteiger partial charge on any atom is -0.267 e. The molecule has 0 amide bonds. The minimum atomic E-state index is -0.317. The Kier molecular flexibility index (Phi) is 1.92. The van der Waals surface area contributed by atoms with Gasteiger partial charge >= 0.3 is 0 Å². The maximum atomic E-state index is 11.8. The van der Waals surface area contributed by atoms with E-state index in [9.17, 15) is 9.59 Å². The molecule has 6 nitrogen and oxygen atoms in total. The van der Waals surface area contributed by atoms with Gasteiger partial charge < -0.3 is 0 Å². The second-order valence-corrected chi connectivity index (χ2v) is 3.43. The number of nitrogens with zero attached hydrogens (tertiary/aromatic N) is 3. The molecule has 0 spiro atoms. The van der Waals surface area contributed by atoms with Crippen molar-refractivity contribution in [3.05, 3.63) is 32.1 Å². The van der Waals surface area contributed by atoms with E-state index in [-0.39, 0.29) is 11.1 Å². The second kappa shape index (κ2) is 3.01. The van der Waals surface area contributed by atoms with Gasteiger partial charge in [0.15, 0.2) is 0 Å². The predicted octanol–water partition coefficient (Wildman–Crippen LogP) is -0.366. The lowest BCUT2D eigenvalue weighted by molar-refractivity contribution is 0.701. The molecule has 1 N–H and O–H groups in total. The van der Waals surface area contributed by atoms with Crippen LogP contribution in [0.4, 0.5) is 0 Å². The van der Waals surface area contributed by atoms with Crippen molar-refractivity contribution >= 4 is 10.8 Å². The van der Waals surface area contributed by atoms with Crippen molar-refractivity contribution in [3.8, 4) is 0 Å².